The number of para-hydroxylation sites is 2. The molecule has 0 aliphatic heterocycles. The molecule has 0 amide bonds. The predicted molar refractivity (Wildman–Crippen MR) is 88.9 cm³/mol. The third-order valence-corrected chi connectivity index (χ3v) is 4.36. The molecule has 2 aromatic rings. The molecule has 0 radical (unpaired) electrons. The largest absolute Gasteiger partial charge is 0.378 e. The first kappa shape index (κ1) is 14.9. The van der Waals surface area contributed by atoms with Crippen molar-refractivity contribution < 1.29 is 0 Å². The molecule has 20 heavy (non-hydrogen) atoms. The Balaban J connectivity index is 2.08. The first-order chi connectivity index (χ1) is 9.38. The first-order valence-corrected chi connectivity index (χ1v) is 7.71. The summed E-state index contributed by atoms with van der Waals surface area (Å²) in [6.07, 6.45) is 0. The minimum absolute atomic E-state index is 0.129. The molecule has 0 aliphatic carbocycles. The molecule has 0 saturated heterocycles. The van der Waals surface area contributed by atoms with E-state index in [0.29, 0.717) is 0 Å². The van der Waals surface area contributed by atoms with Crippen molar-refractivity contribution >= 4 is 22.7 Å². The molecule has 1 N–H and O–H groups in total. The van der Waals surface area contributed by atoms with Crippen LogP contribution >= 0.6 is 11.3 Å². The second kappa shape index (κ2) is 5.83. The summed E-state index contributed by atoms with van der Waals surface area (Å²) in [5.74, 6) is 0. The van der Waals surface area contributed by atoms with E-state index in [0.717, 1.165) is 17.9 Å². The van der Waals surface area contributed by atoms with E-state index >= 15 is 0 Å². The third kappa shape index (κ3) is 3.51. The summed E-state index contributed by atoms with van der Waals surface area (Å²) >= 11 is 1.74. The number of hydrogen-bond acceptors (Lipinski definition) is 4. The number of aromatic nitrogens is 1. The lowest BCUT2D eigenvalue weighted by Crippen LogP contribution is -2.13. The number of thiazole rings is 1. The SMILES string of the molecule is CN(C)c1ccccc1NCc1csc(C(C)(C)C)n1. The topological polar surface area (TPSA) is 28.2 Å². The molecule has 0 unspecified atom stereocenters. The average Bonchev–Trinajstić information content (AvgIpc) is 2.85. The Labute approximate surface area is 125 Å². The van der Waals surface area contributed by atoms with Gasteiger partial charge >= 0.3 is 0 Å². The molecule has 1 aromatic heterocycles. The second-order valence-electron chi connectivity index (χ2n) is 6.16. The first-order valence-electron chi connectivity index (χ1n) is 6.83. The van der Waals surface area contributed by atoms with Gasteiger partial charge in [-0.1, -0.05) is 32.9 Å². The van der Waals surface area contributed by atoms with Gasteiger partial charge in [-0.3, -0.25) is 0 Å². The van der Waals surface area contributed by atoms with Crippen LogP contribution in [0.15, 0.2) is 29.6 Å². The van der Waals surface area contributed by atoms with Crippen molar-refractivity contribution in [1.82, 2.24) is 4.98 Å². The molecule has 0 bridgehead atoms. The number of benzene rings is 1. The van der Waals surface area contributed by atoms with Gasteiger partial charge in [-0.15, -0.1) is 11.3 Å². The van der Waals surface area contributed by atoms with Crippen LogP contribution in [0.1, 0.15) is 31.5 Å². The molecule has 0 saturated carbocycles. The van der Waals surface area contributed by atoms with Gasteiger partial charge in [0.05, 0.1) is 28.6 Å². The molecule has 2 rings (SSSR count). The molecule has 0 aliphatic rings. The van der Waals surface area contributed by atoms with Crippen LogP contribution in [0.2, 0.25) is 0 Å². The van der Waals surface area contributed by atoms with Crippen LogP contribution in [0.25, 0.3) is 0 Å². The third-order valence-electron chi connectivity index (χ3n) is 3.04. The zero-order valence-corrected chi connectivity index (χ0v) is 13.7. The molecule has 0 spiro atoms. The highest BCUT2D eigenvalue weighted by Gasteiger charge is 2.17. The zero-order chi connectivity index (χ0) is 14.8. The maximum absolute atomic E-state index is 4.71. The number of nitrogens with zero attached hydrogens (tertiary/aromatic N) is 2. The van der Waals surface area contributed by atoms with Crippen molar-refractivity contribution in [2.45, 2.75) is 32.7 Å². The van der Waals surface area contributed by atoms with E-state index in [1.54, 1.807) is 11.3 Å². The zero-order valence-electron chi connectivity index (χ0n) is 12.9. The van der Waals surface area contributed by atoms with E-state index in [1.165, 1.54) is 10.7 Å². The maximum atomic E-state index is 4.71. The van der Waals surface area contributed by atoms with Gasteiger partial charge in [0, 0.05) is 24.9 Å². The van der Waals surface area contributed by atoms with Crippen molar-refractivity contribution in [1.29, 1.82) is 0 Å². The van der Waals surface area contributed by atoms with Gasteiger partial charge in [0.2, 0.25) is 0 Å². The highest BCUT2D eigenvalue weighted by molar-refractivity contribution is 7.09. The van der Waals surface area contributed by atoms with Gasteiger partial charge in [-0.2, -0.15) is 0 Å². The van der Waals surface area contributed by atoms with Crippen molar-refractivity contribution in [3.63, 3.8) is 0 Å². The number of anilines is 2. The van der Waals surface area contributed by atoms with Crippen molar-refractivity contribution in [2.75, 3.05) is 24.3 Å². The van der Waals surface area contributed by atoms with Gasteiger partial charge < -0.3 is 10.2 Å². The highest BCUT2D eigenvalue weighted by Crippen LogP contribution is 2.27. The number of rotatable bonds is 4. The Morgan fingerprint density at radius 3 is 2.50 bits per heavy atom. The van der Waals surface area contributed by atoms with Crippen LogP contribution in [0.5, 0.6) is 0 Å². The minimum Gasteiger partial charge on any atom is -0.378 e. The fraction of sp³-hybridized carbons (Fsp3) is 0.438. The molecule has 3 nitrogen and oxygen atoms in total. The fourth-order valence-electron chi connectivity index (χ4n) is 1.93. The normalized spacial score (nSPS) is 11.4. The monoisotopic (exact) mass is 289 g/mol. The van der Waals surface area contributed by atoms with Crippen LogP contribution in [0.4, 0.5) is 11.4 Å². The van der Waals surface area contributed by atoms with E-state index in [-0.39, 0.29) is 5.41 Å². The van der Waals surface area contributed by atoms with E-state index in [9.17, 15) is 0 Å². The summed E-state index contributed by atoms with van der Waals surface area (Å²) in [6, 6.07) is 8.33. The quantitative estimate of drug-likeness (QED) is 0.917. The highest BCUT2D eigenvalue weighted by atomic mass is 32.1. The number of hydrogen-bond donors (Lipinski definition) is 1. The lowest BCUT2D eigenvalue weighted by atomic mass is 9.98. The Morgan fingerprint density at radius 1 is 1.20 bits per heavy atom. The number of nitrogens with one attached hydrogen (secondary N) is 1. The van der Waals surface area contributed by atoms with E-state index < -0.39 is 0 Å². The van der Waals surface area contributed by atoms with Crippen molar-refractivity contribution in [3.8, 4) is 0 Å². The summed E-state index contributed by atoms with van der Waals surface area (Å²) in [6.45, 7) is 7.36. The van der Waals surface area contributed by atoms with Gasteiger partial charge in [-0.25, -0.2) is 4.98 Å². The molecular weight excluding hydrogens is 266 g/mol. The fourth-order valence-corrected chi connectivity index (χ4v) is 2.84. The summed E-state index contributed by atoms with van der Waals surface area (Å²) in [4.78, 5) is 6.83. The Kier molecular flexibility index (Phi) is 4.33. The molecule has 0 atom stereocenters. The van der Waals surface area contributed by atoms with Gasteiger partial charge in [0.15, 0.2) is 0 Å². The van der Waals surface area contributed by atoms with Crippen molar-refractivity contribution in [2.24, 2.45) is 0 Å². The van der Waals surface area contributed by atoms with Crippen LogP contribution in [-0.2, 0) is 12.0 Å². The molecular formula is C16H23N3S. The standard InChI is InChI=1S/C16H23N3S/c1-16(2,3)15-18-12(11-20-15)10-17-13-8-6-7-9-14(13)19(4)5/h6-9,11,17H,10H2,1-5H3. The summed E-state index contributed by atoms with van der Waals surface area (Å²) in [5, 5.41) is 6.81. The van der Waals surface area contributed by atoms with E-state index in [1.807, 2.05) is 0 Å². The molecule has 1 aromatic carbocycles. The summed E-state index contributed by atoms with van der Waals surface area (Å²) < 4.78 is 0. The lowest BCUT2D eigenvalue weighted by molar-refractivity contribution is 0.583. The summed E-state index contributed by atoms with van der Waals surface area (Å²) in [7, 11) is 4.11. The Morgan fingerprint density at radius 2 is 1.90 bits per heavy atom. The smallest absolute Gasteiger partial charge is 0.0982 e. The average molecular weight is 289 g/mol. The predicted octanol–water partition coefficient (Wildman–Crippen LogP) is 4.12. The van der Waals surface area contributed by atoms with E-state index in [4.69, 9.17) is 4.98 Å². The van der Waals surface area contributed by atoms with Gasteiger partial charge in [0.25, 0.3) is 0 Å². The van der Waals surface area contributed by atoms with E-state index in [2.05, 4.69) is 74.7 Å². The Bertz CT molecular complexity index is 567. The van der Waals surface area contributed by atoms with Crippen molar-refractivity contribution in [3.05, 3.63) is 40.3 Å². The lowest BCUT2D eigenvalue weighted by Gasteiger charge is -2.18. The minimum atomic E-state index is 0.129. The summed E-state index contributed by atoms with van der Waals surface area (Å²) in [5.41, 5.74) is 3.57. The Hall–Kier alpha value is -1.55. The van der Waals surface area contributed by atoms with Crippen LogP contribution in [-0.4, -0.2) is 19.1 Å². The molecule has 0 fully saturated rings. The van der Waals surface area contributed by atoms with Gasteiger partial charge in [-0.05, 0) is 12.1 Å². The van der Waals surface area contributed by atoms with Crippen LogP contribution in [0.3, 0.4) is 0 Å². The van der Waals surface area contributed by atoms with Crippen LogP contribution in [0, 0.1) is 0 Å². The van der Waals surface area contributed by atoms with Crippen LogP contribution < -0.4 is 10.2 Å². The van der Waals surface area contributed by atoms with Gasteiger partial charge in [0.1, 0.15) is 0 Å². The maximum Gasteiger partial charge on any atom is 0.0982 e. The second-order valence-corrected chi connectivity index (χ2v) is 7.02. The molecule has 108 valence electrons. The molecule has 1 heterocycles. The molecule has 4 heteroatoms.